The van der Waals surface area contributed by atoms with Crippen molar-refractivity contribution in [3.63, 3.8) is 0 Å². The molecule has 107 heavy (non-hydrogen) atoms. The van der Waals surface area contributed by atoms with E-state index in [1.807, 2.05) is 11.3 Å². The van der Waals surface area contributed by atoms with Crippen LogP contribution in [0.25, 0.3) is 244 Å². The lowest BCUT2D eigenvalue weighted by molar-refractivity contribution is 0.527. The van der Waals surface area contributed by atoms with Gasteiger partial charge in [0.05, 0.1) is 49.7 Å². The Labute approximate surface area is 615 Å². The molecule has 0 radical (unpaired) electrons. The average molecular weight is 1370 g/mol. The number of thiophene rings is 1. The number of benzene rings is 18. The van der Waals surface area contributed by atoms with Gasteiger partial charge in [-0.1, -0.05) is 280 Å². The second-order valence-electron chi connectivity index (χ2n) is 30.9. The first-order valence-electron chi connectivity index (χ1n) is 37.6. The molecular weight excluding hydrogens is 1310 g/mol. The van der Waals surface area contributed by atoms with Crippen LogP contribution in [-0.2, 0) is 5.41 Å². The number of hydrogen-bond acceptors (Lipinski definition) is 1. The van der Waals surface area contributed by atoms with Crippen LogP contribution >= 0.6 is 11.3 Å². The Balaban J connectivity index is 0.630. The van der Waals surface area contributed by atoms with Gasteiger partial charge in [0.2, 0.25) is 0 Å². The first kappa shape index (κ1) is 56.1. The molecule has 0 N–H and O–H groups in total. The fraction of sp³-hybridized carbons (Fsp3) is 0.0291. The van der Waals surface area contributed by atoms with Gasteiger partial charge in [-0.15, -0.1) is 11.3 Å². The zero-order valence-electron chi connectivity index (χ0n) is 57.9. The summed E-state index contributed by atoms with van der Waals surface area (Å²) in [7, 11) is 0. The number of para-hydroxylation sites is 3. The summed E-state index contributed by atoms with van der Waals surface area (Å²) in [6.45, 7) is 2.46. The maximum Gasteiger partial charge on any atom is 0.0627 e. The van der Waals surface area contributed by atoms with Crippen molar-refractivity contribution >= 4 is 189 Å². The first-order valence-corrected chi connectivity index (χ1v) is 38.4. The van der Waals surface area contributed by atoms with Crippen molar-refractivity contribution < 1.29 is 0 Å². The standard InChI is InChI=1S/C103H57N3S/c1-103-50-14-13-34-82(103)77-45-43-72-65-26-8-11-36-85(65)106-98(72)92(77)94-83(103)48-47-74(100(94)106)75-32-18-33-76-80-53-60(38-49-87(80)107-102(75)76)61-30-17-31-69-71-42-40-63(97-90(71)93-78(88(61)69)46-44-73-66-27-7-10-35-84(66)104(97)99(73)93)58-23-15-21-56(51-58)57-22-16-24-59(52-57)79-54-81-67-28-9-12-37-86(67)105-96-62(55-19-3-2-4-20-55)39-41-70-64-25-5-6-29-68(64)89(79)95(91(70)96)101(81)105/h2-54,82H,1H3. The van der Waals surface area contributed by atoms with Crippen molar-refractivity contribution in [1.82, 2.24) is 13.2 Å². The third-order valence-electron chi connectivity index (χ3n) is 26.0. The summed E-state index contributed by atoms with van der Waals surface area (Å²) >= 11 is 1.94. The second-order valence-corrected chi connectivity index (χ2v) is 31.9. The number of aromatic nitrogens is 3. The minimum absolute atomic E-state index is 0.160. The molecule has 7 aromatic heterocycles. The molecule has 18 aromatic carbocycles. The van der Waals surface area contributed by atoms with Crippen LogP contribution in [0.2, 0.25) is 0 Å². The van der Waals surface area contributed by atoms with Gasteiger partial charge in [-0.3, -0.25) is 0 Å². The summed E-state index contributed by atoms with van der Waals surface area (Å²) in [5.41, 5.74) is 29.1. The summed E-state index contributed by atoms with van der Waals surface area (Å²) in [4.78, 5) is 0. The Hall–Kier alpha value is -13.4. The lowest BCUT2D eigenvalue weighted by atomic mass is 9.62. The van der Waals surface area contributed by atoms with E-state index in [-0.39, 0.29) is 11.3 Å². The fourth-order valence-electron chi connectivity index (χ4n) is 21.7. The number of hydrogen-bond donors (Lipinski definition) is 0. The Bertz CT molecular complexity index is 8400. The van der Waals surface area contributed by atoms with Crippen molar-refractivity contribution in [3.05, 3.63) is 333 Å². The monoisotopic (exact) mass is 1370 g/mol. The van der Waals surface area contributed by atoms with E-state index in [9.17, 15) is 0 Å². The number of rotatable bonds is 6. The lowest BCUT2D eigenvalue weighted by Gasteiger charge is -2.40. The maximum atomic E-state index is 2.63. The highest BCUT2D eigenvalue weighted by Crippen LogP contribution is 2.60. The van der Waals surface area contributed by atoms with Gasteiger partial charge in [-0.2, -0.15) is 0 Å². The smallest absolute Gasteiger partial charge is 0.0627 e. The van der Waals surface area contributed by atoms with Gasteiger partial charge in [-0.25, -0.2) is 0 Å². The van der Waals surface area contributed by atoms with E-state index in [1.54, 1.807) is 0 Å². The van der Waals surface area contributed by atoms with E-state index in [4.69, 9.17) is 0 Å². The number of allylic oxidation sites excluding steroid dienone is 4. The summed E-state index contributed by atoms with van der Waals surface area (Å²) in [6.07, 6.45) is 9.41. The molecule has 0 saturated carbocycles. The highest BCUT2D eigenvalue weighted by atomic mass is 32.1. The van der Waals surface area contributed by atoms with Crippen LogP contribution in [0.4, 0.5) is 0 Å². The molecule has 0 fully saturated rings. The summed E-state index contributed by atoms with van der Waals surface area (Å²) in [5.74, 6) is 0.266. The Kier molecular flexibility index (Phi) is 10.2. The molecule has 0 saturated heterocycles. The third kappa shape index (κ3) is 6.71. The van der Waals surface area contributed by atoms with Crippen LogP contribution in [0.3, 0.4) is 0 Å². The van der Waals surface area contributed by atoms with E-state index in [2.05, 4.69) is 342 Å². The summed E-state index contributed by atoms with van der Waals surface area (Å²) in [6, 6.07) is 114. The van der Waals surface area contributed by atoms with Crippen LogP contribution in [-0.4, -0.2) is 13.2 Å². The molecule has 0 bridgehead atoms. The normalized spacial score (nSPS) is 15.6. The topological polar surface area (TPSA) is 13.2 Å². The molecule has 0 amide bonds. The minimum atomic E-state index is -0.160. The van der Waals surface area contributed by atoms with Gasteiger partial charge < -0.3 is 13.2 Å². The molecule has 2 aliphatic carbocycles. The Morgan fingerprint density at radius 2 is 0.757 bits per heavy atom. The van der Waals surface area contributed by atoms with Crippen molar-refractivity contribution in [2.24, 2.45) is 0 Å². The van der Waals surface area contributed by atoms with Crippen molar-refractivity contribution in [2.75, 3.05) is 0 Å². The number of nitrogens with zero attached hydrogens (tertiary/aromatic N) is 3. The highest BCUT2D eigenvalue weighted by molar-refractivity contribution is 7.26. The van der Waals surface area contributed by atoms with Crippen molar-refractivity contribution in [1.29, 1.82) is 0 Å². The zero-order valence-corrected chi connectivity index (χ0v) is 58.7. The molecule has 27 rings (SSSR count). The largest absolute Gasteiger partial charge is 0.307 e. The highest BCUT2D eigenvalue weighted by Gasteiger charge is 2.43. The van der Waals surface area contributed by atoms with Gasteiger partial charge >= 0.3 is 0 Å². The molecule has 490 valence electrons. The maximum absolute atomic E-state index is 2.63. The second kappa shape index (κ2) is 19.5. The third-order valence-corrected chi connectivity index (χ3v) is 27.2. The summed E-state index contributed by atoms with van der Waals surface area (Å²) in [5, 5.41) is 28.9. The zero-order chi connectivity index (χ0) is 69.1. The molecule has 4 heteroatoms. The Morgan fingerprint density at radius 3 is 1.50 bits per heavy atom. The van der Waals surface area contributed by atoms with Gasteiger partial charge in [-0.05, 0) is 142 Å². The lowest BCUT2D eigenvalue weighted by Crippen LogP contribution is -2.31. The molecule has 3 nitrogen and oxygen atoms in total. The Morgan fingerprint density at radius 1 is 0.262 bits per heavy atom. The van der Waals surface area contributed by atoms with Gasteiger partial charge in [0.15, 0.2) is 0 Å². The van der Waals surface area contributed by atoms with Crippen molar-refractivity contribution in [2.45, 2.75) is 18.3 Å². The molecule has 25 aromatic rings. The predicted octanol–water partition coefficient (Wildman–Crippen LogP) is 28.5. The quantitative estimate of drug-likeness (QED) is 0.147. The molecule has 7 heterocycles. The molecule has 2 unspecified atom stereocenters. The van der Waals surface area contributed by atoms with E-state index in [0.717, 1.165) is 0 Å². The molecule has 0 aliphatic heterocycles. The van der Waals surface area contributed by atoms with Crippen molar-refractivity contribution in [3.8, 4) is 66.8 Å². The summed E-state index contributed by atoms with van der Waals surface area (Å²) < 4.78 is 10.5. The minimum Gasteiger partial charge on any atom is -0.307 e. The van der Waals surface area contributed by atoms with Crippen LogP contribution in [0.1, 0.15) is 24.0 Å². The van der Waals surface area contributed by atoms with E-state index >= 15 is 0 Å². The van der Waals surface area contributed by atoms with Gasteiger partial charge in [0, 0.05) is 124 Å². The molecular formula is C103H57N3S. The molecule has 0 spiro atoms. The van der Waals surface area contributed by atoms with Gasteiger partial charge in [0.1, 0.15) is 0 Å². The van der Waals surface area contributed by atoms with E-state index in [1.165, 1.54) is 255 Å². The van der Waals surface area contributed by atoms with Crippen LogP contribution in [0.5, 0.6) is 0 Å². The van der Waals surface area contributed by atoms with E-state index < -0.39 is 0 Å². The first-order chi connectivity index (χ1) is 53.0. The van der Waals surface area contributed by atoms with Crippen LogP contribution in [0, 0.1) is 0 Å². The predicted molar refractivity (Wildman–Crippen MR) is 457 cm³/mol. The number of fused-ring (bicyclic) bond motifs is 24. The molecule has 2 atom stereocenters. The van der Waals surface area contributed by atoms with E-state index in [0.29, 0.717) is 0 Å². The van der Waals surface area contributed by atoms with Gasteiger partial charge in [0.25, 0.3) is 0 Å². The van der Waals surface area contributed by atoms with Crippen LogP contribution in [0.15, 0.2) is 322 Å². The molecule has 2 aliphatic rings. The SMILES string of the molecule is CC12C=CC=CC1c1ccc3c4ccccc4n4c5c(-c6cccc7c6sc6ccc(-c8cccc9c%10ccc(-c%11cccc(-c%12cccc(-c%13cc%14c%15ccccc%15n%15c%16c(-c%17ccccc%17)ccc%17c%18ccccc%18c%13c(c%17%16)c%14%15)c%12)c%11)c%11c%10c%10c(ccc%12c%13ccccc%13n%11c%12%10)c89)cc67)ccc2c5c1c34. The van der Waals surface area contributed by atoms with Crippen LogP contribution < -0.4 is 0 Å². The fourth-order valence-corrected chi connectivity index (χ4v) is 22.9. The average Bonchev–Trinajstić information content (AvgIpc) is 1.53.